The van der Waals surface area contributed by atoms with E-state index in [-0.39, 0.29) is 0 Å². The third-order valence-corrected chi connectivity index (χ3v) is 3.99. The maximum atomic E-state index is 11.2. The first-order valence-corrected chi connectivity index (χ1v) is 7.57. The second-order valence-electron chi connectivity index (χ2n) is 5.55. The van der Waals surface area contributed by atoms with E-state index in [0.717, 1.165) is 29.6 Å². The van der Waals surface area contributed by atoms with Gasteiger partial charge in [0.15, 0.2) is 0 Å². The minimum atomic E-state index is -0.918. The van der Waals surface area contributed by atoms with Crippen molar-refractivity contribution in [2.45, 2.75) is 65.3 Å². The summed E-state index contributed by atoms with van der Waals surface area (Å²) in [4.78, 5) is 11.2. The molecule has 3 nitrogen and oxygen atoms in total. The summed E-state index contributed by atoms with van der Waals surface area (Å²) in [7, 11) is 0. The van der Waals surface area contributed by atoms with Crippen molar-refractivity contribution in [2.24, 2.45) is 5.73 Å². The largest absolute Gasteiger partial charge is 0.478 e. The lowest BCUT2D eigenvalue weighted by Crippen LogP contribution is -2.32. The monoisotopic (exact) mass is 277 g/mol. The average molecular weight is 277 g/mol. The first-order valence-electron chi connectivity index (χ1n) is 7.57. The molecule has 0 heterocycles. The van der Waals surface area contributed by atoms with Crippen LogP contribution < -0.4 is 5.73 Å². The molecule has 20 heavy (non-hydrogen) atoms. The van der Waals surface area contributed by atoms with Gasteiger partial charge in [-0.25, -0.2) is 4.79 Å². The highest BCUT2D eigenvalue weighted by Gasteiger charge is 2.25. The number of nitrogens with two attached hydrogens (primary N) is 1. The highest BCUT2D eigenvalue weighted by molar-refractivity contribution is 5.90. The standard InChI is InChI=1S/C17H27NO2/c1-4-5-6-7-8-9-10-14-13(3)12(2)11-15(16(14)18)17(19)20/h10-11,16H,4-9,18H2,1-3H3,(H,19,20). The van der Waals surface area contributed by atoms with Crippen molar-refractivity contribution in [3.8, 4) is 0 Å². The van der Waals surface area contributed by atoms with Crippen molar-refractivity contribution >= 4 is 5.97 Å². The van der Waals surface area contributed by atoms with Gasteiger partial charge < -0.3 is 10.8 Å². The van der Waals surface area contributed by atoms with Gasteiger partial charge in [0, 0.05) is 0 Å². The maximum absolute atomic E-state index is 11.2. The Morgan fingerprint density at radius 1 is 1.30 bits per heavy atom. The maximum Gasteiger partial charge on any atom is 0.333 e. The van der Waals surface area contributed by atoms with Crippen LogP contribution in [0.3, 0.4) is 0 Å². The summed E-state index contributed by atoms with van der Waals surface area (Å²) in [6.45, 7) is 6.17. The normalized spacial score (nSPS) is 21.3. The van der Waals surface area contributed by atoms with Crippen molar-refractivity contribution in [3.63, 3.8) is 0 Å². The molecule has 0 bridgehead atoms. The van der Waals surface area contributed by atoms with Gasteiger partial charge in [-0.1, -0.05) is 38.7 Å². The Balaban J connectivity index is 2.69. The summed E-state index contributed by atoms with van der Waals surface area (Å²) < 4.78 is 0. The smallest absolute Gasteiger partial charge is 0.333 e. The van der Waals surface area contributed by atoms with Gasteiger partial charge in [0.05, 0.1) is 11.6 Å². The van der Waals surface area contributed by atoms with Crippen LogP contribution in [0.15, 0.2) is 34.4 Å². The van der Waals surface area contributed by atoms with E-state index in [1.807, 2.05) is 13.8 Å². The fourth-order valence-corrected chi connectivity index (χ4v) is 2.54. The number of hydrogen-bond donors (Lipinski definition) is 2. The first-order chi connectivity index (χ1) is 9.49. The summed E-state index contributed by atoms with van der Waals surface area (Å²) in [6.07, 6.45) is 11.0. The molecule has 0 aromatic carbocycles. The van der Waals surface area contributed by atoms with Crippen LogP contribution in [0.1, 0.15) is 59.3 Å². The van der Waals surface area contributed by atoms with E-state index in [0.29, 0.717) is 5.57 Å². The van der Waals surface area contributed by atoms with Crippen LogP contribution >= 0.6 is 0 Å². The molecule has 0 spiro atoms. The third-order valence-electron chi connectivity index (χ3n) is 3.99. The van der Waals surface area contributed by atoms with Crippen molar-refractivity contribution in [2.75, 3.05) is 0 Å². The molecule has 1 rings (SSSR count). The van der Waals surface area contributed by atoms with Crippen LogP contribution in [0, 0.1) is 0 Å². The quantitative estimate of drug-likeness (QED) is 0.692. The van der Waals surface area contributed by atoms with Crippen LogP contribution in [0.2, 0.25) is 0 Å². The summed E-state index contributed by atoms with van der Waals surface area (Å²) in [5.41, 5.74) is 9.49. The van der Waals surface area contributed by atoms with E-state index in [1.54, 1.807) is 6.08 Å². The van der Waals surface area contributed by atoms with Crippen LogP contribution in [-0.2, 0) is 4.79 Å². The van der Waals surface area contributed by atoms with Crippen molar-refractivity contribution in [3.05, 3.63) is 34.4 Å². The predicted molar refractivity (Wildman–Crippen MR) is 83.5 cm³/mol. The predicted octanol–water partition coefficient (Wildman–Crippen LogP) is 3.96. The molecule has 1 aliphatic carbocycles. The lowest BCUT2D eigenvalue weighted by molar-refractivity contribution is -0.132. The highest BCUT2D eigenvalue weighted by Crippen LogP contribution is 2.28. The van der Waals surface area contributed by atoms with Crippen molar-refractivity contribution in [1.82, 2.24) is 0 Å². The second-order valence-corrected chi connectivity index (χ2v) is 5.55. The molecule has 0 fully saturated rings. The van der Waals surface area contributed by atoms with Crippen molar-refractivity contribution in [1.29, 1.82) is 0 Å². The molecule has 3 N–H and O–H groups in total. The summed E-state index contributed by atoms with van der Waals surface area (Å²) in [5.74, 6) is -0.918. The number of carboxylic acid groups (broad SMARTS) is 1. The number of allylic oxidation sites excluding steroid dienone is 3. The van der Waals surface area contributed by atoms with E-state index in [9.17, 15) is 9.90 Å². The number of hydrogen-bond acceptors (Lipinski definition) is 2. The zero-order valence-electron chi connectivity index (χ0n) is 12.9. The van der Waals surface area contributed by atoms with Gasteiger partial charge in [-0.3, -0.25) is 0 Å². The van der Waals surface area contributed by atoms with Gasteiger partial charge in [-0.2, -0.15) is 0 Å². The van der Waals surface area contributed by atoms with Gasteiger partial charge in [-0.15, -0.1) is 0 Å². The Morgan fingerprint density at radius 3 is 2.55 bits per heavy atom. The van der Waals surface area contributed by atoms with Crippen LogP contribution in [0.25, 0.3) is 0 Å². The Morgan fingerprint density at radius 2 is 1.95 bits per heavy atom. The van der Waals surface area contributed by atoms with E-state index >= 15 is 0 Å². The summed E-state index contributed by atoms with van der Waals surface area (Å²) >= 11 is 0. The molecular weight excluding hydrogens is 250 g/mol. The molecule has 0 saturated heterocycles. The Bertz CT molecular complexity index is 444. The molecule has 1 unspecified atom stereocenters. The minimum Gasteiger partial charge on any atom is -0.478 e. The van der Waals surface area contributed by atoms with E-state index in [1.165, 1.54) is 25.7 Å². The molecule has 0 aromatic rings. The Hall–Kier alpha value is -1.35. The van der Waals surface area contributed by atoms with Gasteiger partial charge in [-0.05, 0) is 49.5 Å². The van der Waals surface area contributed by atoms with Crippen molar-refractivity contribution < 1.29 is 9.90 Å². The fraction of sp³-hybridized carbons (Fsp3) is 0.588. The topological polar surface area (TPSA) is 63.3 Å². The third kappa shape index (κ3) is 4.34. The van der Waals surface area contributed by atoms with Gasteiger partial charge in [0.2, 0.25) is 0 Å². The molecule has 0 saturated carbocycles. The van der Waals surface area contributed by atoms with E-state index in [4.69, 9.17) is 5.73 Å². The highest BCUT2D eigenvalue weighted by atomic mass is 16.4. The Labute approximate surface area is 122 Å². The number of carbonyl (C=O) groups is 1. The first kappa shape index (κ1) is 16.7. The minimum absolute atomic E-state index is 0.297. The van der Waals surface area contributed by atoms with E-state index in [2.05, 4.69) is 13.0 Å². The lowest BCUT2D eigenvalue weighted by Gasteiger charge is -2.24. The molecule has 0 aromatic heterocycles. The molecule has 3 heteroatoms. The number of carboxylic acids is 1. The number of unbranched alkanes of at least 4 members (excludes halogenated alkanes) is 5. The zero-order chi connectivity index (χ0) is 15.1. The van der Waals surface area contributed by atoms with Crippen LogP contribution in [0.5, 0.6) is 0 Å². The van der Waals surface area contributed by atoms with E-state index < -0.39 is 12.0 Å². The molecule has 0 radical (unpaired) electrons. The number of aliphatic carboxylic acids is 1. The zero-order valence-corrected chi connectivity index (χ0v) is 12.9. The molecule has 1 aliphatic rings. The summed E-state index contributed by atoms with van der Waals surface area (Å²) in [6, 6.07) is -0.494. The SMILES string of the molecule is CCCCCCCC=C1C(C)=C(C)C=C(C(=O)O)C1N. The molecule has 112 valence electrons. The summed E-state index contributed by atoms with van der Waals surface area (Å²) in [5, 5.41) is 9.20. The molecule has 0 amide bonds. The average Bonchev–Trinajstić information content (AvgIpc) is 2.40. The van der Waals surface area contributed by atoms with Gasteiger partial charge >= 0.3 is 5.97 Å². The fourth-order valence-electron chi connectivity index (χ4n) is 2.54. The second kappa shape index (κ2) is 8.05. The lowest BCUT2D eigenvalue weighted by atomic mass is 9.84. The van der Waals surface area contributed by atoms with Gasteiger partial charge in [0.1, 0.15) is 0 Å². The molecular formula is C17H27NO2. The van der Waals surface area contributed by atoms with Crippen LogP contribution in [-0.4, -0.2) is 17.1 Å². The Kier molecular flexibility index (Phi) is 6.73. The molecule has 0 aliphatic heterocycles. The molecule has 1 atom stereocenters. The number of rotatable bonds is 7. The van der Waals surface area contributed by atoms with Crippen LogP contribution in [0.4, 0.5) is 0 Å². The van der Waals surface area contributed by atoms with Gasteiger partial charge in [0.25, 0.3) is 0 Å².